The van der Waals surface area contributed by atoms with Crippen LogP contribution in [0.1, 0.15) is 24.2 Å². The highest BCUT2D eigenvalue weighted by atomic mass is 16.5. The summed E-state index contributed by atoms with van der Waals surface area (Å²) in [6.45, 7) is 4.07. The van der Waals surface area contributed by atoms with Gasteiger partial charge in [0.1, 0.15) is 6.54 Å². The summed E-state index contributed by atoms with van der Waals surface area (Å²) in [5.41, 5.74) is 2.49. The molecule has 0 bridgehead atoms. The van der Waals surface area contributed by atoms with Gasteiger partial charge in [-0.25, -0.2) is 0 Å². The van der Waals surface area contributed by atoms with Crippen molar-refractivity contribution in [1.82, 2.24) is 10.2 Å². The van der Waals surface area contributed by atoms with Crippen LogP contribution in [0, 0.1) is 0 Å². The van der Waals surface area contributed by atoms with Crippen molar-refractivity contribution in [3.05, 3.63) is 60.2 Å². The average Bonchev–Trinajstić information content (AvgIpc) is 2.75. The van der Waals surface area contributed by atoms with E-state index in [1.165, 1.54) is 0 Å². The van der Waals surface area contributed by atoms with Gasteiger partial charge in [-0.3, -0.25) is 14.4 Å². The Labute approximate surface area is 176 Å². The van der Waals surface area contributed by atoms with Crippen molar-refractivity contribution < 1.29 is 23.9 Å². The zero-order valence-electron chi connectivity index (χ0n) is 17.2. The number of morpholine rings is 1. The summed E-state index contributed by atoms with van der Waals surface area (Å²) >= 11 is 0. The number of carbonyl (C=O) groups is 3. The molecular formula is C23H26N2O5. The van der Waals surface area contributed by atoms with Gasteiger partial charge in [-0.1, -0.05) is 42.5 Å². The second-order valence-electron chi connectivity index (χ2n) is 7.34. The van der Waals surface area contributed by atoms with Gasteiger partial charge in [-0.15, -0.1) is 0 Å². The highest BCUT2D eigenvalue weighted by Crippen LogP contribution is 2.19. The smallest absolute Gasteiger partial charge is 0.325 e. The molecular weight excluding hydrogens is 384 g/mol. The molecule has 0 unspecified atom stereocenters. The van der Waals surface area contributed by atoms with Crippen LogP contribution < -0.4 is 5.32 Å². The third-order valence-corrected chi connectivity index (χ3v) is 4.78. The van der Waals surface area contributed by atoms with E-state index in [-0.39, 0.29) is 37.2 Å². The van der Waals surface area contributed by atoms with E-state index in [0.29, 0.717) is 18.7 Å². The molecule has 1 N–H and O–H groups in total. The standard InChI is InChI=1S/C23H26N2O5/c1-16-13-25(14-17(2)30-16)21(26)15-29-22(27)12-24-23(28)20-10-8-19(9-11-20)18-6-4-3-5-7-18/h3-11,16-17H,12-15H2,1-2H3,(H,24,28)/t16-,17+. The van der Waals surface area contributed by atoms with E-state index in [1.807, 2.05) is 56.3 Å². The monoisotopic (exact) mass is 410 g/mol. The number of nitrogens with one attached hydrogen (secondary N) is 1. The van der Waals surface area contributed by atoms with Gasteiger partial charge in [0.15, 0.2) is 6.61 Å². The Hall–Kier alpha value is -3.19. The SMILES string of the molecule is C[C@@H]1CN(C(=O)COC(=O)CNC(=O)c2ccc(-c3ccccc3)cc2)C[C@H](C)O1. The van der Waals surface area contributed by atoms with Crippen LogP contribution in [0.15, 0.2) is 54.6 Å². The fourth-order valence-electron chi connectivity index (χ4n) is 3.37. The molecule has 0 radical (unpaired) electrons. The summed E-state index contributed by atoms with van der Waals surface area (Å²) in [5.74, 6) is -1.31. The largest absolute Gasteiger partial charge is 0.454 e. The first-order valence-corrected chi connectivity index (χ1v) is 9.95. The van der Waals surface area contributed by atoms with Gasteiger partial charge < -0.3 is 19.7 Å². The summed E-state index contributed by atoms with van der Waals surface area (Å²) in [7, 11) is 0. The number of ether oxygens (including phenoxy) is 2. The molecule has 2 aromatic rings. The van der Waals surface area contributed by atoms with Crippen molar-refractivity contribution >= 4 is 17.8 Å². The lowest BCUT2D eigenvalue weighted by atomic mass is 10.0. The fourth-order valence-corrected chi connectivity index (χ4v) is 3.37. The average molecular weight is 410 g/mol. The molecule has 2 aromatic carbocycles. The maximum Gasteiger partial charge on any atom is 0.325 e. The summed E-state index contributed by atoms with van der Waals surface area (Å²) in [4.78, 5) is 38.0. The van der Waals surface area contributed by atoms with Crippen molar-refractivity contribution in [2.75, 3.05) is 26.2 Å². The first-order valence-electron chi connectivity index (χ1n) is 9.95. The van der Waals surface area contributed by atoms with Gasteiger partial charge in [-0.05, 0) is 37.1 Å². The number of esters is 1. The molecule has 1 aliphatic heterocycles. The van der Waals surface area contributed by atoms with E-state index in [9.17, 15) is 14.4 Å². The van der Waals surface area contributed by atoms with E-state index in [4.69, 9.17) is 9.47 Å². The molecule has 158 valence electrons. The molecule has 3 rings (SSSR count). The fraction of sp³-hybridized carbons (Fsp3) is 0.348. The van der Waals surface area contributed by atoms with E-state index < -0.39 is 5.97 Å². The molecule has 1 aliphatic rings. The van der Waals surface area contributed by atoms with Gasteiger partial charge >= 0.3 is 5.97 Å². The number of nitrogens with zero attached hydrogens (tertiary/aromatic N) is 1. The molecule has 0 aliphatic carbocycles. The third-order valence-electron chi connectivity index (χ3n) is 4.78. The Morgan fingerprint density at radius 2 is 1.57 bits per heavy atom. The molecule has 1 fully saturated rings. The van der Waals surface area contributed by atoms with Crippen LogP contribution in [0.4, 0.5) is 0 Å². The topological polar surface area (TPSA) is 84.9 Å². The molecule has 7 heteroatoms. The molecule has 2 amide bonds. The zero-order chi connectivity index (χ0) is 21.5. The van der Waals surface area contributed by atoms with Gasteiger partial charge in [0, 0.05) is 18.7 Å². The molecule has 2 atom stereocenters. The van der Waals surface area contributed by atoms with E-state index in [0.717, 1.165) is 11.1 Å². The van der Waals surface area contributed by atoms with Crippen molar-refractivity contribution in [1.29, 1.82) is 0 Å². The highest BCUT2D eigenvalue weighted by molar-refractivity contribution is 5.96. The van der Waals surface area contributed by atoms with Crippen molar-refractivity contribution in [3.63, 3.8) is 0 Å². The maximum absolute atomic E-state index is 12.2. The minimum absolute atomic E-state index is 0.0547. The normalized spacial score (nSPS) is 18.5. The number of hydrogen-bond acceptors (Lipinski definition) is 5. The highest BCUT2D eigenvalue weighted by Gasteiger charge is 2.26. The van der Waals surface area contributed by atoms with Crippen molar-refractivity contribution in [3.8, 4) is 11.1 Å². The summed E-state index contributed by atoms with van der Waals surface area (Å²) in [6, 6.07) is 16.9. The van der Waals surface area contributed by atoms with E-state index >= 15 is 0 Å². The predicted molar refractivity (Wildman–Crippen MR) is 112 cm³/mol. The third kappa shape index (κ3) is 5.90. The number of benzene rings is 2. The van der Waals surface area contributed by atoms with Crippen LogP contribution in [0.3, 0.4) is 0 Å². The number of rotatable bonds is 6. The van der Waals surface area contributed by atoms with Gasteiger partial charge in [0.05, 0.1) is 12.2 Å². The lowest BCUT2D eigenvalue weighted by Crippen LogP contribution is -2.49. The van der Waals surface area contributed by atoms with Crippen LogP contribution in [0.2, 0.25) is 0 Å². The molecule has 0 spiro atoms. The molecule has 30 heavy (non-hydrogen) atoms. The lowest BCUT2D eigenvalue weighted by Gasteiger charge is -2.35. The summed E-state index contributed by atoms with van der Waals surface area (Å²) in [6.07, 6.45) is -0.109. The molecule has 0 saturated carbocycles. The minimum Gasteiger partial charge on any atom is -0.454 e. The Kier molecular flexibility index (Phi) is 7.19. The summed E-state index contributed by atoms with van der Waals surface area (Å²) in [5, 5.41) is 2.52. The van der Waals surface area contributed by atoms with Crippen LogP contribution >= 0.6 is 0 Å². The maximum atomic E-state index is 12.2. The molecule has 0 aromatic heterocycles. The second kappa shape index (κ2) is 10.0. The first kappa shape index (κ1) is 21.5. The van der Waals surface area contributed by atoms with Crippen LogP contribution in [0.25, 0.3) is 11.1 Å². The zero-order valence-corrected chi connectivity index (χ0v) is 17.2. The van der Waals surface area contributed by atoms with Crippen molar-refractivity contribution in [2.24, 2.45) is 0 Å². The van der Waals surface area contributed by atoms with Gasteiger partial charge in [0.2, 0.25) is 0 Å². The second-order valence-corrected chi connectivity index (χ2v) is 7.34. The number of amides is 2. The Morgan fingerprint density at radius 3 is 2.20 bits per heavy atom. The van der Waals surface area contributed by atoms with Crippen LogP contribution in [-0.4, -0.2) is 61.1 Å². The first-order chi connectivity index (χ1) is 14.4. The van der Waals surface area contributed by atoms with Crippen LogP contribution in [-0.2, 0) is 19.1 Å². The van der Waals surface area contributed by atoms with Gasteiger partial charge in [-0.2, -0.15) is 0 Å². The number of hydrogen-bond donors (Lipinski definition) is 1. The van der Waals surface area contributed by atoms with Crippen LogP contribution in [0.5, 0.6) is 0 Å². The lowest BCUT2D eigenvalue weighted by molar-refractivity contribution is -0.156. The Balaban J connectivity index is 1.43. The van der Waals surface area contributed by atoms with E-state index in [1.54, 1.807) is 17.0 Å². The van der Waals surface area contributed by atoms with Gasteiger partial charge in [0.25, 0.3) is 11.8 Å². The minimum atomic E-state index is -0.660. The predicted octanol–water partition coefficient (Wildman–Crippen LogP) is 2.26. The summed E-state index contributed by atoms with van der Waals surface area (Å²) < 4.78 is 10.6. The van der Waals surface area contributed by atoms with E-state index in [2.05, 4.69) is 5.32 Å². The quantitative estimate of drug-likeness (QED) is 0.739. The number of carbonyl (C=O) groups excluding carboxylic acids is 3. The molecule has 1 heterocycles. The molecule has 7 nitrogen and oxygen atoms in total. The Morgan fingerprint density at radius 1 is 0.967 bits per heavy atom. The Bertz CT molecular complexity index is 872. The molecule has 1 saturated heterocycles. The van der Waals surface area contributed by atoms with Crippen molar-refractivity contribution in [2.45, 2.75) is 26.1 Å².